The average Bonchev–Trinajstić information content (AvgIpc) is 3.04. The Labute approximate surface area is 180 Å². The molecule has 1 amide bonds. The molecule has 1 unspecified atom stereocenters. The number of aryl methyl sites for hydroxylation is 3. The smallest absolute Gasteiger partial charge is 0.279 e. The Morgan fingerprint density at radius 3 is 2.77 bits per heavy atom. The van der Waals surface area contributed by atoms with E-state index in [9.17, 15) is 9.59 Å². The molecule has 0 spiro atoms. The van der Waals surface area contributed by atoms with Gasteiger partial charge in [0.05, 0.1) is 5.39 Å². The number of thiophene rings is 1. The van der Waals surface area contributed by atoms with Crippen molar-refractivity contribution in [2.45, 2.75) is 60.4 Å². The maximum absolute atomic E-state index is 13.1. The first-order chi connectivity index (χ1) is 14.1. The molecule has 1 aromatic carbocycles. The van der Waals surface area contributed by atoms with Crippen LogP contribution < -0.4 is 10.9 Å². The predicted molar refractivity (Wildman–Crippen MR) is 121 cm³/mol. The molecule has 1 atom stereocenters. The fraction of sp³-hybridized carbons (Fsp3) is 0.478. The van der Waals surface area contributed by atoms with Gasteiger partial charge in [-0.05, 0) is 61.6 Å². The Balaban J connectivity index is 1.60. The number of anilines is 1. The summed E-state index contributed by atoms with van der Waals surface area (Å²) in [4.78, 5) is 27.6. The third kappa shape index (κ3) is 3.90. The highest BCUT2D eigenvalue weighted by Gasteiger charge is 2.32. The monoisotopic (exact) mass is 424 g/mol. The zero-order valence-corrected chi connectivity index (χ0v) is 19.0. The third-order valence-electron chi connectivity index (χ3n) is 6.11. The van der Waals surface area contributed by atoms with Crippen molar-refractivity contribution in [3.63, 3.8) is 0 Å². The number of carbonyl (C=O) groups excluding carboxylic acids is 1. The number of benzene rings is 1. The number of hydrogen-bond donors (Lipinski definition) is 1. The summed E-state index contributed by atoms with van der Waals surface area (Å²) in [6.45, 7) is 10.6. The summed E-state index contributed by atoms with van der Waals surface area (Å²) >= 11 is 1.58. The zero-order valence-electron chi connectivity index (χ0n) is 18.2. The second-order valence-corrected chi connectivity index (χ2v) is 10.5. The Hall–Kier alpha value is -2.54. The lowest BCUT2D eigenvalue weighted by Crippen LogP contribution is -2.31. The largest absolute Gasteiger partial charge is 0.324 e. The Morgan fingerprint density at radius 2 is 2.07 bits per heavy atom. The van der Waals surface area contributed by atoms with Crippen molar-refractivity contribution in [3.05, 3.63) is 50.1 Å². The topological polar surface area (TPSA) is 76.9 Å². The number of aromatic nitrogens is 3. The van der Waals surface area contributed by atoms with E-state index in [0.717, 1.165) is 41.6 Å². The molecule has 0 bridgehead atoms. The van der Waals surface area contributed by atoms with Gasteiger partial charge < -0.3 is 5.32 Å². The second kappa shape index (κ2) is 7.61. The van der Waals surface area contributed by atoms with Crippen molar-refractivity contribution in [2.24, 2.45) is 11.3 Å². The van der Waals surface area contributed by atoms with E-state index in [2.05, 4.69) is 36.4 Å². The van der Waals surface area contributed by atoms with Crippen molar-refractivity contribution in [1.82, 2.24) is 15.0 Å². The Morgan fingerprint density at radius 1 is 1.30 bits per heavy atom. The average molecular weight is 425 g/mol. The maximum atomic E-state index is 13.1. The summed E-state index contributed by atoms with van der Waals surface area (Å²) in [5.74, 6) is 0.311. The van der Waals surface area contributed by atoms with Gasteiger partial charge in [-0.25, -0.2) is 4.68 Å². The van der Waals surface area contributed by atoms with Gasteiger partial charge in [-0.3, -0.25) is 9.59 Å². The number of carbonyl (C=O) groups is 1. The fourth-order valence-electron chi connectivity index (χ4n) is 4.25. The van der Waals surface area contributed by atoms with Crippen LogP contribution in [-0.4, -0.2) is 20.9 Å². The number of nitrogens with one attached hydrogen (secondary N) is 1. The van der Waals surface area contributed by atoms with Crippen LogP contribution in [-0.2, 0) is 24.2 Å². The highest BCUT2D eigenvalue weighted by Crippen LogP contribution is 2.41. The molecule has 0 aliphatic heterocycles. The summed E-state index contributed by atoms with van der Waals surface area (Å²) in [6.07, 6.45) is 2.93. The van der Waals surface area contributed by atoms with Crippen LogP contribution in [0.4, 0.5) is 5.69 Å². The molecule has 2 aromatic heterocycles. The van der Waals surface area contributed by atoms with Crippen LogP contribution in [0.15, 0.2) is 23.0 Å². The van der Waals surface area contributed by atoms with Gasteiger partial charge in [-0.1, -0.05) is 43.7 Å². The molecule has 2 heterocycles. The van der Waals surface area contributed by atoms with Crippen LogP contribution in [0, 0.1) is 25.2 Å². The van der Waals surface area contributed by atoms with Gasteiger partial charge in [0, 0.05) is 10.6 Å². The minimum Gasteiger partial charge on any atom is -0.324 e. The van der Waals surface area contributed by atoms with E-state index in [0.29, 0.717) is 16.1 Å². The lowest BCUT2D eigenvalue weighted by atomic mass is 9.72. The Kier molecular flexibility index (Phi) is 5.26. The summed E-state index contributed by atoms with van der Waals surface area (Å²) in [6, 6.07) is 5.83. The number of amides is 1. The minimum atomic E-state index is -0.283. The van der Waals surface area contributed by atoms with E-state index in [1.54, 1.807) is 11.3 Å². The molecule has 1 N–H and O–H groups in total. The molecular weight excluding hydrogens is 396 g/mol. The summed E-state index contributed by atoms with van der Waals surface area (Å²) < 4.78 is 1.18. The van der Waals surface area contributed by atoms with Crippen LogP contribution in [0.3, 0.4) is 0 Å². The Bertz CT molecular complexity index is 1190. The first-order valence-electron chi connectivity index (χ1n) is 10.4. The fourth-order valence-corrected chi connectivity index (χ4v) is 5.48. The molecule has 1 aliphatic rings. The van der Waals surface area contributed by atoms with Crippen LogP contribution >= 0.6 is 11.3 Å². The molecule has 0 saturated heterocycles. The van der Waals surface area contributed by atoms with Crippen molar-refractivity contribution in [1.29, 1.82) is 0 Å². The molecule has 0 fully saturated rings. The van der Waals surface area contributed by atoms with Crippen LogP contribution in [0.25, 0.3) is 10.2 Å². The number of rotatable bonds is 3. The maximum Gasteiger partial charge on any atom is 0.279 e. The summed E-state index contributed by atoms with van der Waals surface area (Å²) in [5.41, 5.74) is 3.99. The summed E-state index contributed by atoms with van der Waals surface area (Å²) in [7, 11) is 0. The number of hydrogen-bond acceptors (Lipinski definition) is 5. The normalized spacial score (nSPS) is 16.5. The molecule has 0 saturated carbocycles. The lowest BCUT2D eigenvalue weighted by Gasteiger charge is -2.33. The molecule has 30 heavy (non-hydrogen) atoms. The number of nitrogens with zero attached hydrogens (tertiary/aromatic N) is 3. The summed E-state index contributed by atoms with van der Waals surface area (Å²) in [5, 5.41) is 11.8. The van der Waals surface area contributed by atoms with Crippen molar-refractivity contribution >= 4 is 33.1 Å². The van der Waals surface area contributed by atoms with Gasteiger partial charge >= 0.3 is 0 Å². The van der Waals surface area contributed by atoms with Gasteiger partial charge in [0.25, 0.3) is 5.56 Å². The highest BCUT2D eigenvalue weighted by molar-refractivity contribution is 7.18. The first-order valence-corrected chi connectivity index (χ1v) is 11.2. The van der Waals surface area contributed by atoms with E-state index < -0.39 is 0 Å². The SMILES string of the molecule is Cc1ccc(NC(=O)Cn2nnc3sc4c(c3c2=O)CCC(C(C)(C)C)C4)c(C)c1. The molecular formula is C23H28N4O2S. The van der Waals surface area contributed by atoms with Gasteiger partial charge in [-0.15, -0.1) is 16.4 Å². The van der Waals surface area contributed by atoms with E-state index in [4.69, 9.17) is 0 Å². The van der Waals surface area contributed by atoms with Gasteiger partial charge in [-0.2, -0.15) is 0 Å². The van der Waals surface area contributed by atoms with Crippen LogP contribution in [0.1, 0.15) is 48.8 Å². The second-order valence-electron chi connectivity index (χ2n) is 9.41. The van der Waals surface area contributed by atoms with Gasteiger partial charge in [0.1, 0.15) is 6.54 Å². The van der Waals surface area contributed by atoms with E-state index >= 15 is 0 Å². The quantitative estimate of drug-likeness (QED) is 0.682. The van der Waals surface area contributed by atoms with Crippen LogP contribution in [0.5, 0.6) is 0 Å². The molecule has 0 radical (unpaired) electrons. The predicted octanol–water partition coefficient (Wildman–Crippen LogP) is 4.26. The minimum absolute atomic E-state index is 0.148. The number of fused-ring (bicyclic) bond motifs is 3. The highest BCUT2D eigenvalue weighted by atomic mass is 32.1. The molecule has 6 nitrogen and oxygen atoms in total. The molecule has 3 aromatic rings. The molecule has 4 rings (SSSR count). The van der Waals surface area contributed by atoms with E-state index in [1.165, 1.54) is 9.56 Å². The van der Waals surface area contributed by atoms with Crippen molar-refractivity contribution in [3.8, 4) is 0 Å². The van der Waals surface area contributed by atoms with Crippen LogP contribution in [0.2, 0.25) is 0 Å². The standard InChI is InChI=1S/C23H28N4O2S/c1-13-6-9-17(14(2)10-13)24-19(28)12-27-22(29)20-16-8-7-15(23(3,4)5)11-18(16)30-21(20)25-26-27/h6,9-10,15H,7-8,11-12H2,1-5H3,(H,24,28). The lowest BCUT2D eigenvalue weighted by molar-refractivity contribution is -0.117. The molecule has 158 valence electrons. The zero-order chi connectivity index (χ0) is 21.6. The van der Waals surface area contributed by atoms with E-state index in [1.807, 2.05) is 32.0 Å². The molecule has 7 heteroatoms. The first kappa shape index (κ1) is 20.7. The van der Waals surface area contributed by atoms with Crippen molar-refractivity contribution < 1.29 is 4.79 Å². The van der Waals surface area contributed by atoms with Crippen molar-refractivity contribution in [2.75, 3.05) is 5.32 Å². The molecule has 1 aliphatic carbocycles. The van der Waals surface area contributed by atoms with E-state index in [-0.39, 0.29) is 23.4 Å². The van der Waals surface area contributed by atoms with Gasteiger partial charge in [0.15, 0.2) is 4.83 Å². The van der Waals surface area contributed by atoms with Gasteiger partial charge in [0.2, 0.25) is 5.91 Å². The third-order valence-corrected chi connectivity index (χ3v) is 7.25.